The molecule has 35 heavy (non-hydrogen) atoms. The lowest BCUT2D eigenvalue weighted by molar-refractivity contribution is 0.246. The summed E-state index contributed by atoms with van der Waals surface area (Å²) in [4.78, 5) is 14.6. The van der Waals surface area contributed by atoms with Crippen molar-refractivity contribution in [3.8, 4) is 11.4 Å². The number of phenols is 1. The Balaban J connectivity index is 1.46. The molecule has 4 aromatic rings. The van der Waals surface area contributed by atoms with Crippen molar-refractivity contribution in [3.63, 3.8) is 0 Å². The van der Waals surface area contributed by atoms with E-state index in [0.29, 0.717) is 5.75 Å². The standard InChI is InChI=1S/C27H31FN6O/c1-3-4-9-24-29-26(33-16-14-32(15-17-33)18-20-7-5-6-8-23(20)35)25-19(2)31-34(27(25)30-24)22-12-10-21(28)11-13-22/h5-8,10-13,35H,3-4,9,14-18H2,1-2H3. The van der Waals surface area contributed by atoms with Crippen molar-refractivity contribution < 1.29 is 9.50 Å². The SMILES string of the molecule is CCCCc1nc(N2CCN(Cc3ccccc3O)CC2)c2c(C)nn(-c3ccc(F)cc3)c2n1. The van der Waals surface area contributed by atoms with Crippen LogP contribution in [0.3, 0.4) is 0 Å². The molecule has 3 heterocycles. The van der Waals surface area contributed by atoms with Gasteiger partial charge in [-0.1, -0.05) is 31.5 Å². The van der Waals surface area contributed by atoms with E-state index < -0.39 is 0 Å². The van der Waals surface area contributed by atoms with Crippen molar-refractivity contribution in [1.29, 1.82) is 0 Å². The summed E-state index contributed by atoms with van der Waals surface area (Å²) in [6.07, 6.45) is 2.89. The second-order valence-corrected chi connectivity index (χ2v) is 9.13. The van der Waals surface area contributed by atoms with E-state index in [9.17, 15) is 9.50 Å². The van der Waals surface area contributed by atoms with Crippen molar-refractivity contribution in [1.82, 2.24) is 24.6 Å². The summed E-state index contributed by atoms with van der Waals surface area (Å²) in [6.45, 7) is 8.27. The Hall–Kier alpha value is -3.52. The quantitative estimate of drug-likeness (QED) is 0.421. The van der Waals surface area contributed by atoms with E-state index in [-0.39, 0.29) is 5.82 Å². The first-order valence-corrected chi connectivity index (χ1v) is 12.3. The zero-order valence-electron chi connectivity index (χ0n) is 20.3. The molecular weight excluding hydrogens is 443 g/mol. The Morgan fingerprint density at radius 1 is 0.971 bits per heavy atom. The van der Waals surface area contributed by atoms with E-state index in [2.05, 4.69) is 16.7 Å². The number of anilines is 1. The van der Waals surface area contributed by atoms with Crippen molar-refractivity contribution in [2.24, 2.45) is 0 Å². The predicted octanol–water partition coefficient (Wildman–Crippen LogP) is 4.63. The number of hydrogen-bond acceptors (Lipinski definition) is 6. The van der Waals surface area contributed by atoms with Crippen molar-refractivity contribution in [2.45, 2.75) is 39.7 Å². The van der Waals surface area contributed by atoms with Gasteiger partial charge >= 0.3 is 0 Å². The highest BCUT2D eigenvalue weighted by atomic mass is 19.1. The maximum Gasteiger partial charge on any atom is 0.168 e. The van der Waals surface area contributed by atoms with Gasteiger partial charge in [0, 0.05) is 44.7 Å². The maximum atomic E-state index is 13.5. The molecule has 0 amide bonds. The molecule has 0 aliphatic carbocycles. The number of rotatable bonds is 7. The second-order valence-electron chi connectivity index (χ2n) is 9.13. The van der Waals surface area contributed by atoms with Gasteiger partial charge in [0.1, 0.15) is 23.2 Å². The molecular formula is C27H31FN6O. The first-order valence-electron chi connectivity index (χ1n) is 12.3. The third-order valence-electron chi connectivity index (χ3n) is 6.61. The van der Waals surface area contributed by atoms with Crippen LogP contribution in [0.2, 0.25) is 0 Å². The van der Waals surface area contributed by atoms with E-state index in [0.717, 1.165) is 91.6 Å². The van der Waals surface area contributed by atoms with E-state index in [1.807, 2.05) is 25.1 Å². The fraction of sp³-hybridized carbons (Fsp3) is 0.370. The number of fused-ring (bicyclic) bond motifs is 1. The van der Waals surface area contributed by atoms with E-state index in [1.54, 1.807) is 22.9 Å². The Bertz CT molecular complexity index is 1310. The van der Waals surface area contributed by atoms with Gasteiger partial charge in [-0.15, -0.1) is 0 Å². The number of phenolic OH excluding ortho intramolecular Hbond substituents is 1. The van der Waals surface area contributed by atoms with Gasteiger partial charge in [-0.25, -0.2) is 19.0 Å². The van der Waals surface area contributed by atoms with Crippen LogP contribution in [0.4, 0.5) is 10.2 Å². The topological polar surface area (TPSA) is 70.3 Å². The van der Waals surface area contributed by atoms with E-state index in [4.69, 9.17) is 15.1 Å². The largest absolute Gasteiger partial charge is 0.508 e. The zero-order chi connectivity index (χ0) is 24.4. The Morgan fingerprint density at radius 3 is 2.43 bits per heavy atom. The molecule has 0 saturated carbocycles. The van der Waals surface area contributed by atoms with Crippen LogP contribution in [0.1, 0.15) is 36.8 Å². The van der Waals surface area contributed by atoms with Gasteiger partial charge < -0.3 is 10.0 Å². The number of benzene rings is 2. The molecule has 0 spiro atoms. The van der Waals surface area contributed by atoms with Crippen LogP contribution in [-0.4, -0.2) is 55.9 Å². The minimum Gasteiger partial charge on any atom is -0.508 e. The van der Waals surface area contributed by atoms with Gasteiger partial charge in [0.2, 0.25) is 0 Å². The normalized spacial score (nSPS) is 14.7. The number of halogens is 1. The molecule has 0 atom stereocenters. The number of unbranched alkanes of at least 4 members (excludes halogenated alkanes) is 1. The number of aromatic nitrogens is 4. The number of piperazine rings is 1. The van der Waals surface area contributed by atoms with Gasteiger partial charge in [0.05, 0.1) is 16.8 Å². The molecule has 0 unspecified atom stereocenters. The lowest BCUT2D eigenvalue weighted by Crippen LogP contribution is -2.46. The predicted molar refractivity (Wildman–Crippen MR) is 136 cm³/mol. The first-order chi connectivity index (χ1) is 17.0. The number of aromatic hydroxyl groups is 1. The number of para-hydroxylation sites is 1. The summed E-state index contributed by atoms with van der Waals surface area (Å²) >= 11 is 0. The Morgan fingerprint density at radius 2 is 1.71 bits per heavy atom. The smallest absolute Gasteiger partial charge is 0.168 e. The molecule has 1 saturated heterocycles. The molecule has 1 aliphatic rings. The average Bonchev–Trinajstić information content (AvgIpc) is 3.21. The number of nitrogens with zero attached hydrogens (tertiary/aromatic N) is 6. The lowest BCUT2D eigenvalue weighted by Gasteiger charge is -2.35. The van der Waals surface area contributed by atoms with Crippen molar-refractivity contribution in [2.75, 3.05) is 31.1 Å². The first kappa shape index (κ1) is 23.2. The van der Waals surface area contributed by atoms with Gasteiger partial charge in [-0.2, -0.15) is 5.10 Å². The number of aryl methyl sites for hydroxylation is 2. The highest BCUT2D eigenvalue weighted by molar-refractivity contribution is 5.91. The Labute approximate surface area is 204 Å². The fourth-order valence-corrected chi connectivity index (χ4v) is 4.65. The molecule has 1 aliphatic heterocycles. The van der Waals surface area contributed by atoms with Crippen molar-refractivity contribution >= 4 is 16.9 Å². The molecule has 8 heteroatoms. The van der Waals surface area contributed by atoms with Crippen LogP contribution < -0.4 is 4.90 Å². The monoisotopic (exact) mass is 474 g/mol. The molecule has 1 fully saturated rings. The van der Waals surface area contributed by atoms with Gasteiger partial charge in [0.15, 0.2) is 5.65 Å². The Kier molecular flexibility index (Phi) is 6.63. The van der Waals surface area contributed by atoms with Gasteiger partial charge in [-0.05, 0) is 43.7 Å². The van der Waals surface area contributed by atoms with Gasteiger partial charge in [0.25, 0.3) is 0 Å². The van der Waals surface area contributed by atoms with Crippen LogP contribution in [-0.2, 0) is 13.0 Å². The zero-order valence-corrected chi connectivity index (χ0v) is 20.3. The highest BCUT2D eigenvalue weighted by Crippen LogP contribution is 2.30. The third-order valence-corrected chi connectivity index (χ3v) is 6.61. The summed E-state index contributed by atoms with van der Waals surface area (Å²) in [6, 6.07) is 13.9. The van der Waals surface area contributed by atoms with Crippen LogP contribution in [0.25, 0.3) is 16.7 Å². The molecule has 5 rings (SSSR count). The minimum absolute atomic E-state index is 0.275. The van der Waals surface area contributed by atoms with E-state index >= 15 is 0 Å². The summed E-state index contributed by atoms with van der Waals surface area (Å²) in [7, 11) is 0. The van der Waals surface area contributed by atoms with Crippen LogP contribution >= 0.6 is 0 Å². The van der Waals surface area contributed by atoms with Gasteiger partial charge in [-0.3, -0.25) is 4.90 Å². The second kappa shape index (κ2) is 10.00. The average molecular weight is 475 g/mol. The fourth-order valence-electron chi connectivity index (χ4n) is 4.65. The molecule has 7 nitrogen and oxygen atoms in total. The third kappa shape index (κ3) is 4.84. The minimum atomic E-state index is -0.275. The summed E-state index contributed by atoms with van der Waals surface area (Å²) < 4.78 is 15.3. The van der Waals surface area contributed by atoms with Crippen LogP contribution in [0.15, 0.2) is 48.5 Å². The van der Waals surface area contributed by atoms with Crippen LogP contribution in [0, 0.1) is 12.7 Å². The molecule has 1 N–H and O–H groups in total. The lowest BCUT2D eigenvalue weighted by atomic mass is 10.1. The van der Waals surface area contributed by atoms with Crippen LogP contribution in [0.5, 0.6) is 5.75 Å². The molecule has 2 aromatic carbocycles. The highest BCUT2D eigenvalue weighted by Gasteiger charge is 2.25. The number of hydrogen-bond donors (Lipinski definition) is 1. The molecule has 0 bridgehead atoms. The molecule has 0 radical (unpaired) electrons. The van der Waals surface area contributed by atoms with Crippen molar-refractivity contribution in [3.05, 3.63) is 71.4 Å². The maximum absolute atomic E-state index is 13.5. The molecule has 182 valence electrons. The summed E-state index contributed by atoms with van der Waals surface area (Å²) in [5.74, 6) is 1.81. The van der Waals surface area contributed by atoms with E-state index in [1.165, 1.54) is 12.1 Å². The summed E-state index contributed by atoms with van der Waals surface area (Å²) in [5, 5.41) is 15.9. The molecule has 2 aromatic heterocycles. The summed E-state index contributed by atoms with van der Waals surface area (Å²) in [5.41, 5.74) is 3.35.